The predicted molar refractivity (Wildman–Crippen MR) is 118 cm³/mol. The molecule has 0 saturated carbocycles. The van der Waals surface area contributed by atoms with Crippen LogP contribution in [-0.2, 0) is 17.3 Å². The number of nitrogens with two attached hydrogens (primary N) is 1. The third-order valence-electron chi connectivity index (χ3n) is 3.97. The monoisotopic (exact) mass is 534 g/mol. The summed E-state index contributed by atoms with van der Waals surface area (Å²) in [5.41, 5.74) is -1.18. The Morgan fingerprint density at radius 3 is 2.53 bits per heavy atom. The molecule has 0 aliphatic heterocycles. The van der Waals surface area contributed by atoms with Crippen LogP contribution in [0.3, 0.4) is 0 Å². The Morgan fingerprint density at radius 2 is 1.85 bits per heavy atom. The number of amides is 2. The minimum Gasteiger partial charge on any atom is -0.342 e. The van der Waals surface area contributed by atoms with Gasteiger partial charge in [0.2, 0.25) is 0 Å². The summed E-state index contributed by atoms with van der Waals surface area (Å²) in [5.74, 6) is -1.62. The number of hydrogen-bond donors (Lipinski definition) is 4. The standard InChI is InChI=1S/C17H14ClF3N8O3S2/c1-7(27-14(30)10-3-13(26-6-25-10)29-34(22)32)16-24-5-11(33-16)15(31)28-12-2-8(17(19,20)21)9(18)4-23-12/h2-7H,22H2,1H3,(H,27,30)(H,23,28,31)(H,25,26,29). The van der Waals surface area contributed by atoms with Gasteiger partial charge in [0.25, 0.3) is 11.8 Å². The molecule has 3 aromatic heterocycles. The van der Waals surface area contributed by atoms with Crippen molar-refractivity contribution in [3.05, 3.63) is 57.0 Å². The van der Waals surface area contributed by atoms with Crippen molar-refractivity contribution in [1.82, 2.24) is 25.3 Å². The molecule has 0 aliphatic carbocycles. The Hall–Kier alpha value is -3.21. The third kappa shape index (κ3) is 6.43. The van der Waals surface area contributed by atoms with E-state index >= 15 is 0 Å². The molecule has 0 aliphatic rings. The van der Waals surface area contributed by atoms with Gasteiger partial charge < -0.3 is 10.6 Å². The molecule has 5 N–H and O–H groups in total. The lowest BCUT2D eigenvalue weighted by Gasteiger charge is -2.11. The van der Waals surface area contributed by atoms with Crippen LogP contribution in [0.5, 0.6) is 0 Å². The zero-order chi connectivity index (χ0) is 25.0. The highest BCUT2D eigenvalue weighted by molar-refractivity contribution is 7.84. The number of nitrogens with one attached hydrogen (secondary N) is 3. The first-order valence-electron chi connectivity index (χ1n) is 8.99. The van der Waals surface area contributed by atoms with Crippen molar-refractivity contribution >= 4 is 57.6 Å². The van der Waals surface area contributed by atoms with E-state index in [1.165, 1.54) is 12.3 Å². The van der Waals surface area contributed by atoms with Gasteiger partial charge in [-0.25, -0.2) is 29.3 Å². The largest absolute Gasteiger partial charge is 0.418 e. The number of rotatable bonds is 7. The molecule has 2 unspecified atom stereocenters. The van der Waals surface area contributed by atoms with Gasteiger partial charge in [0.15, 0.2) is 11.2 Å². The lowest BCUT2D eigenvalue weighted by atomic mass is 10.2. The van der Waals surface area contributed by atoms with Gasteiger partial charge in [-0.2, -0.15) is 13.2 Å². The number of thiazole rings is 1. The summed E-state index contributed by atoms with van der Waals surface area (Å²) < 4.78 is 52.3. The van der Waals surface area contributed by atoms with Gasteiger partial charge in [-0.15, -0.1) is 11.3 Å². The van der Waals surface area contributed by atoms with Gasteiger partial charge in [-0.3, -0.25) is 14.3 Å². The molecule has 180 valence electrons. The SMILES string of the molecule is CC(NC(=O)c1cc(NS(N)=O)ncn1)c1ncc(C(=O)Nc2cc(C(F)(F)F)c(Cl)cn2)s1. The Kier molecular flexibility index (Phi) is 7.75. The maximum Gasteiger partial charge on any atom is 0.418 e. The molecule has 3 rings (SSSR count). The Morgan fingerprint density at radius 1 is 1.12 bits per heavy atom. The van der Waals surface area contributed by atoms with Gasteiger partial charge in [0, 0.05) is 12.3 Å². The van der Waals surface area contributed by atoms with Crippen LogP contribution in [0.25, 0.3) is 0 Å². The molecular formula is C17H14ClF3N8O3S2. The number of aromatic nitrogens is 4. The van der Waals surface area contributed by atoms with Crippen LogP contribution in [-0.4, -0.2) is 36.0 Å². The second-order valence-electron chi connectivity index (χ2n) is 6.45. The lowest BCUT2D eigenvalue weighted by Crippen LogP contribution is -2.27. The minimum atomic E-state index is -4.72. The molecule has 0 fully saturated rings. The summed E-state index contributed by atoms with van der Waals surface area (Å²) in [5, 5.41) is 9.74. The maximum absolute atomic E-state index is 13.0. The average molecular weight is 535 g/mol. The molecule has 0 radical (unpaired) electrons. The molecule has 0 aromatic carbocycles. The van der Waals surface area contributed by atoms with Gasteiger partial charge in [0.05, 0.1) is 22.8 Å². The fourth-order valence-corrected chi connectivity index (χ4v) is 3.81. The van der Waals surface area contributed by atoms with Crippen LogP contribution in [0.15, 0.2) is 30.9 Å². The van der Waals surface area contributed by atoms with E-state index in [0.717, 1.165) is 23.9 Å². The van der Waals surface area contributed by atoms with E-state index in [1.807, 2.05) is 0 Å². The fourth-order valence-electron chi connectivity index (χ4n) is 2.47. The number of alkyl halides is 3. The summed E-state index contributed by atoms with van der Waals surface area (Å²) in [6.45, 7) is 1.60. The second kappa shape index (κ2) is 10.4. The molecule has 0 spiro atoms. The Bertz CT molecular complexity index is 1260. The molecule has 0 bridgehead atoms. The second-order valence-corrected chi connectivity index (χ2v) is 8.72. The van der Waals surface area contributed by atoms with E-state index in [-0.39, 0.29) is 22.2 Å². The normalized spacial score (nSPS) is 13.1. The smallest absolute Gasteiger partial charge is 0.342 e. The number of carbonyl (C=O) groups is 2. The highest BCUT2D eigenvalue weighted by atomic mass is 35.5. The van der Waals surface area contributed by atoms with Crippen LogP contribution < -0.4 is 20.5 Å². The van der Waals surface area contributed by atoms with Crippen LogP contribution in [0.4, 0.5) is 24.8 Å². The van der Waals surface area contributed by atoms with Crippen molar-refractivity contribution < 1.29 is 27.0 Å². The number of carbonyl (C=O) groups excluding carboxylic acids is 2. The Labute approximate surface area is 201 Å². The third-order valence-corrected chi connectivity index (χ3v) is 5.86. The molecule has 11 nitrogen and oxygen atoms in total. The molecule has 2 atom stereocenters. The zero-order valence-electron chi connectivity index (χ0n) is 16.9. The molecular weight excluding hydrogens is 521 g/mol. The molecule has 2 amide bonds. The maximum atomic E-state index is 13.0. The van der Waals surface area contributed by atoms with Crippen molar-refractivity contribution in [2.75, 3.05) is 10.0 Å². The number of anilines is 2. The van der Waals surface area contributed by atoms with Crippen LogP contribution >= 0.6 is 22.9 Å². The van der Waals surface area contributed by atoms with Crippen molar-refractivity contribution in [3.8, 4) is 0 Å². The van der Waals surface area contributed by atoms with E-state index in [9.17, 15) is 27.0 Å². The highest BCUT2D eigenvalue weighted by Crippen LogP contribution is 2.35. The van der Waals surface area contributed by atoms with Crippen molar-refractivity contribution in [3.63, 3.8) is 0 Å². The number of nitrogens with zero attached hydrogens (tertiary/aromatic N) is 4. The minimum absolute atomic E-state index is 0.0430. The van der Waals surface area contributed by atoms with E-state index in [0.29, 0.717) is 11.1 Å². The van der Waals surface area contributed by atoms with Crippen LogP contribution in [0.1, 0.15) is 43.7 Å². The molecule has 3 heterocycles. The summed E-state index contributed by atoms with van der Waals surface area (Å²) in [7, 11) is 0. The Balaban J connectivity index is 1.67. The first kappa shape index (κ1) is 25.4. The number of halogens is 4. The van der Waals surface area contributed by atoms with Crippen molar-refractivity contribution in [2.24, 2.45) is 5.14 Å². The lowest BCUT2D eigenvalue weighted by molar-refractivity contribution is -0.137. The quantitative estimate of drug-likeness (QED) is 0.361. The summed E-state index contributed by atoms with van der Waals surface area (Å²) in [4.78, 5) is 40.3. The van der Waals surface area contributed by atoms with E-state index in [4.69, 9.17) is 16.7 Å². The van der Waals surface area contributed by atoms with E-state index < -0.39 is 45.8 Å². The number of pyridine rings is 1. The van der Waals surface area contributed by atoms with E-state index in [2.05, 4.69) is 35.3 Å². The van der Waals surface area contributed by atoms with Gasteiger partial charge in [0.1, 0.15) is 33.5 Å². The topological polar surface area (TPSA) is 165 Å². The molecule has 0 saturated heterocycles. The average Bonchev–Trinajstić information content (AvgIpc) is 3.24. The van der Waals surface area contributed by atoms with Gasteiger partial charge >= 0.3 is 6.18 Å². The molecule has 3 aromatic rings. The van der Waals surface area contributed by atoms with Crippen LogP contribution in [0.2, 0.25) is 5.02 Å². The zero-order valence-corrected chi connectivity index (χ0v) is 19.3. The highest BCUT2D eigenvalue weighted by Gasteiger charge is 2.34. The first-order chi connectivity index (χ1) is 15.9. The van der Waals surface area contributed by atoms with Crippen molar-refractivity contribution in [1.29, 1.82) is 0 Å². The van der Waals surface area contributed by atoms with Crippen molar-refractivity contribution in [2.45, 2.75) is 19.1 Å². The first-order valence-corrected chi connectivity index (χ1v) is 11.4. The van der Waals surface area contributed by atoms with Gasteiger partial charge in [-0.05, 0) is 13.0 Å². The fraction of sp³-hybridized carbons (Fsp3) is 0.176. The summed E-state index contributed by atoms with van der Waals surface area (Å²) in [6, 6.07) is 1.21. The number of hydrogen-bond acceptors (Lipinski definition) is 8. The summed E-state index contributed by atoms with van der Waals surface area (Å²) >= 11 is 4.55. The molecule has 34 heavy (non-hydrogen) atoms. The van der Waals surface area contributed by atoms with E-state index in [1.54, 1.807) is 6.92 Å². The predicted octanol–water partition coefficient (Wildman–Crippen LogP) is 2.69. The van der Waals surface area contributed by atoms with Gasteiger partial charge in [-0.1, -0.05) is 11.6 Å². The molecule has 17 heteroatoms. The summed E-state index contributed by atoms with van der Waals surface area (Å²) in [6.07, 6.45) is -1.64. The van der Waals surface area contributed by atoms with Crippen LogP contribution in [0, 0.1) is 0 Å².